The Morgan fingerprint density at radius 2 is 2.05 bits per heavy atom. The van der Waals surface area contributed by atoms with E-state index in [-0.39, 0.29) is 5.82 Å². The van der Waals surface area contributed by atoms with Crippen molar-refractivity contribution in [3.05, 3.63) is 41.5 Å². The Balaban J connectivity index is 1.74. The Kier molecular flexibility index (Phi) is 5.68. The fourth-order valence-corrected chi connectivity index (χ4v) is 1.87. The minimum atomic E-state index is -0.191. The normalized spacial score (nSPS) is 11.0. The van der Waals surface area contributed by atoms with Crippen LogP contribution in [0.3, 0.4) is 0 Å². The minimum absolute atomic E-state index is 0.191. The third-order valence-corrected chi connectivity index (χ3v) is 2.92. The zero-order chi connectivity index (χ0) is 15.1. The van der Waals surface area contributed by atoms with Crippen LogP contribution in [0.25, 0.3) is 0 Å². The van der Waals surface area contributed by atoms with Crippen molar-refractivity contribution >= 4 is 6.01 Å². The van der Waals surface area contributed by atoms with E-state index in [9.17, 15) is 4.39 Å². The van der Waals surface area contributed by atoms with Gasteiger partial charge in [-0.2, -0.15) is 0 Å². The van der Waals surface area contributed by atoms with Gasteiger partial charge in [-0.1, -0.05) is 37.1 Å². The smallest absolute Gasteiger partial charge is 0.315 e. The van der Waals surface area contributed by atoms with Crippen LogP contribution < -0.4 is 10.6 Å². The summed E-state index contributed by atoms with van der Waals surface area (Å²) in [5, 5.41) is 14.1. The Morgan fingerprint density at radius 1 is 1.24 bits per heavy atom. The van der Waals surface area contributed by atoms with E-state index in [1.807, 2.05) is 6.07 Å². The number of benzene rings is 1. The Bertz CT molecular complexity index is 556. The molecule has 2 rings (SSSR count). The molecule has 0 radical (unpaired) electrons. The van der Waals surface area contributed by atoms with Gasteiger partial charge in [-0.15, -0.1) is 5.10 Å². The number of anilines is 1. The van der Waals surface area contributed by atoms with Crippen LogP contribution in [0.4, 0.5) is 10.4 Å². The van der Waals surface area contributed by atoms with Gasteiger partial charge in [0.15, 0.2) is 0 Å². The summed E-state index contributed by atoms with van der Waals surface area (Å²) in [6, 6.07) is 7.10. The van der Waals surface area contributed by atoms with Crippen LogP contribution in [0.1, 0.15) is 25.3 Å². The fourth-order valence-electron chi connectivity index (χ4n) is 1.87. The molecule has 1 aromatic carbocycles. The molecule has 0 aliphatic heterocycles. The first-order valence-corrected chi connectivity index (χ1v) is 7.15. The molecule has 0 amide bonds. The standard InChI is InChI=1S/C15H21FN4O/c1-11(2)9-17-10-14-19-20-15(21-14)18-8-7-12-5-3-4-6-13(12)16/h3-6,11,17H,7-10H2,1-2H3,(H,18,20). The molecule has 0 saturated heterocycles. The summed E-state index contributed by atoms with van der Waals surface area (Å²) in [5.74, 6) is 0.929. The quantitative estimate of drug-likeness (QED) is 0.783. The summed E-state index contributed by atoms with van der Waals surface area (Å²) < 4.78 is 18.9. The molecule has 1 aromatic heterocycles. The van der Waals surface area contributed by atoms with Crippen molar-refractivity contribution in [3.8, 4) is 0 Å². The number of nitrogens with one attached hydrogen (secondary N) is 2. The zero-order valence-corrected chi connectivity index (χ0v) is 12.4. The Labute approximate surface area is 124 Å². The molecule has 21 heavy (non-hydrogen) atoms. The highest BCUT2D eigenvalue weighted by atomic mass is 19.1. The molecule has 6 heteroatoms. The Hall–Kier alpha value is -1.95. The third kappa shape index (κ3) is 5.15. The van der Waals surface area contributed by atoms with Crippen LogP contribution in [0, 0.1) is 11.7 Å². The van der Waals surface area contributed by atoms with E-state index in [0.29, 0.717) is 42.9 Å². The van der Waals surface area contributed by atoms with Crippen molar-refractivity contribution in [1.82, 2.24) is 15.5 Å². The lowest BCUT2D eigenvalue weighted by Gasteiger charge is -2.04. The molecule has 0 fully saturated rings. The summed E-state index contributed by atoms with van der Waals surface area (Å²) in [4.78, 5) is 0. The van der Waals surface area contributed by atoms with Crippen molar-refractivity contribution in [2.45, 2.75) is 26.8 Å². The van der Waals surface area contributed by atoms with Crippen molar-refractivity contribution in [2.24, 2.45) is 5.92 Å². The molecule has 5 nitrogen and oxygen atoms in total. The van der Waals surface area contributed by atoms with Gasteiger partial charge in [-0.05, 0) is 30.5 Å². The molecule has 0 saturated carbocycles. The maximum atomic E-state index is 13.4. The van der Waals surface area contributed by atoms with E-state index in [1.165, 1.54) is 6.07 Å². The SMILES string of the molecule is CC(C)CNCc1nnc(NCCc2ccccc2F)o1. The number of hydrogen-bond donors (Lipinski definition) is 2. The van der Waals surface area contributed by atoms with E-state index in [1.54, 1.807) is 12.1 Å². The van der Waals surface area contributed by atoms with Gasteiger partial charge in [0.2, 0.25) is 5.89 Å². The van der Waals surface area contributed by atoms with Crippen LogP contribution in [-0.4, -0.2) is 23.3 Å². The maximum absolute atomic E-state index is 13.4. The predicted octanol–water partition coefficient (Wildman–Crippen LogP) is 2.61. The monoisotopic (exact) mass is 292 g/mol. The van der Waals surface area contributed by atoms with Gasteiger partial charge in [-0.3, -0.25) is 0 Å². The van der Waals surface area contributed by atoms with E-state index in [4.69, 9.17) is 4.42 Å². The average molecular weight is 292 g/mol. The van der Waals surface area contributed by atoms with Crippen molar-refractivity contribution in [2.75, 3.05) is 18.4 Å². The number of halogens is 1. The van der Waals surface area contributed by atoms with Gasteiger partial charge in [-0.25, -0.2) is 4.39 Å². The minimum Gasteiger partial charge on any atom is -0.407 e. The number of aromatic nitrogens is 2. The first kappa shape index (κ1) is 15.4. The number of rotatable bonds is 8. The molecule has 0 unspecified atom stereocenters. The van der Waals surface area contributed by atoms with Crippen molar-refractivity contribution < 1.29 is 8.81 Å². The average Bonchev–Trinajstić information content (AvgIpc) is 2.88. The lowest BCUT2D eigenvalue weighted by molar-refractivity contribution is 0.458. The van der Waals surface area contributed by atoms with E-state index in [0.717, 1.165) is 6.54 Å². The Morgan fingerprint density at radius 3 is 2.81 bits per heavy atom. The van der Waals surface area contributed by atoms with Gasteiger partial charge in [0.1, 0.15) is 5.82 Å². The summed E-state index contributed by atoms with van der Waals surface area (Å²) in [6.07, 6.45) is 0.565. The van der Waals surface area contributed by atoms with Crippen LogP contribution in [-0.2, 0) is 13.0 Å². The highest BCUT2D eigenvalue weighted by molar-refractivity contribution is 5.21. The molecule has 0 spiro atoms. The lowest BCUT2D eigenvalue weighted by Crippen LogP contribution is -2.19. The van der Waals surface area contributed by atoms with Gasteiger partial charge in [0.25, 0.3) is 0 Å². The fraction of sp³-hybridized carbons (Fsp3) is 0.467. The molecule has 0 atom stereocenters. The molecule has 1 heterocycles. The summed E-state index contributed by atoms with van der Waals surface area (Å²) in [5.41, 5.74) is 0.670. The number of nitrogens with zero attached hydrogens (tertiary/aromatic N) is 2. The number of hydrogen-bond acceptors (Lipinski definition) is 5. The third-order valence-electron chi connectivity index (χ3n) is 2.92. The molecule has 2 N–H and O–H groups in total. The zero-order valence-electron chi connectivity index (χ0n) is 12.4. The molecule has 0 aliphatic rings. The van der Waals surface area contributed by atoms with Crippen LogP contribution in [0.5, 0.6) is 0 Å². The predicted molar refractivity (Wildman–Crippen MR) is 79.4 cm³/mol. The first-order chi connectivity index (χ1) is 10.1. The van der Waals surface area contributed by atoms with E-state index < -0.39 is 0 Å². The highest BCUT2D eigenvalue weighted by Crippen LogP contribution is 2.09. The molecule has 114 valence electrons. The molecular formula is C15H21FN4O. The molecular weight excluding hydrogens is 271 g/mol. The van der Waals surface area contributed by atoms with Gasteiger partial charge < -0.3 is 15.1 Å². The summed E-state index contributed by atoms with van der Waals surface area (Å²) in [6.45, 7) is 6.27. The van der Waals surface area contributed by atoms with Crippen LogP contribution >= 0.6 is 0 Å². The van der Waals surface area contributed by atoms with Crippen LogP contribution in [0.15, 0.2) is 28.7 Å². The van der Waals surface area contributed by atoms with Crippen LogP contribution in [0.2, 0.25) is 0 Å². The topological polar surface area (TPSA) is 63.0 Å². The lowest BCUT2D eigenvalue weighted by atomic mass is 10.1. The summed E-state index contributed by atoms with van der Waals surface area (Å²) in [7, 11) is 0. The highest BCUT2D eigenvalue weighted by Gasteiger charge is 2.06. The van der Waals surface area contributed by atoms with Gasteiger partial charge >= 0.3 is 6.01 Å². The second kappa shape index (κ2) is 7.73. The van der Waals surface area contributed by atoms with Gasteiger partial charge in [0, 0.05) is 6.54 Å². The first-order valence-electron chi connectivity index (χ1n) is 7.15. The van der Waals surface area contributed by atoms with E-state index in [2.05, 4.69) is 34.7 Å². The molecule has 0 bridgehead atoms. The largest absolute Gasteiger partial charge is 0.407 e. The van der Waals surface area contributed by atoms with Crippen molar-refractivity contribution in [3.63, 3.8) is 0 Å². The molecule has 2 aromatic rings. The van der Waals surface area contributed by atoms with Crippen molar-refractivity contribution in [1.29, 1.82) is 0 Å². The van der Waals surface area contributed by atoms with Gasteiger partial charge in [0.05, 0.1) is 6.54 Å². The second-order valence-electron chi connectivity index (χ2n) is 5.29. The van der Waals surface area contributed by atoms with E-state index >= 15 is 0 Å². The summed E-state index contributed by atoms with van der Waals surface area (Å²) >= 11 is 0. The maximum Gasteiger partial charge on any atom is 0.315 e. The molecule has 0 aliphatic carbocycles. The second-order valence-corrected chi connectivity index (χ2v) is 5.29.